The van der Waals surface area contributed by atoms with E-state index in [2.05, 4.69) is 25.4 Å². The second kappa shape index (κ2) is 9.98. The smallest absolute Gasteiger partial charge is 0.240 e. The molecule has 176 valence electrons. The molecule has 0 bridgehead atoms. The maximum atomic E-state index is 14.2. The van der Waals surface area contributed by atoms with Gasteiger partial charge in [0.1, 0.15) is 23.2 Å². The van der Waals surface area contributed by atoms with E-state index in [4.69, 9.17) is 16.0 Å². The molecule has 0 radical (unpaired) electrons. The van der Waals surface area contributed by atoms with Crippen LogP contribution in [0.5, 0.6) is 0 Å². The SMILES string of the molecule is CC(C)(C(N)=O)C(=O)Nc1nc(C(N)=CC(=NCc2ccccc2F)c2ccon2)ncc1F. The van der Waals surface area contributed by atoms with Crippen molar-refractivity contribution in [3.8, 4) is 0 Å². The number of carbonyl (C=O) groups is 2. The van der Waals surface area contributed by atoms with Crippen molar-refractivity contribution in [2.75, 3.05) is 5.32 Å². The fourth-order valence-corrected chi connectivity index (χ4v) is 2.52. The summed E-state index contributed by atoms with van der Waals surface area (Å²) in [6, 6.07) is 7.65. The molecule has 2 aromatic heterocycles. The summed E-state index contributed by atoms with van der Waals surface area (Å²) >= 11 is 0. The number of nitrogens with one attached hydrogen (secondary N) is 1. The van der Waals surface area contributed by atoms with Crippen LogP contribution >= 0.6 is 0 Å². The molecule has 0 saturated carbocycles. The zero-order chi connectivity index (χ0) is 24.9. The van der Waals surface area contributed by atoms with Crippen molar-refractivity contribution in [3.63, 3.8) is 0 Å². The number of primary amides is 1. The van der Waals surface area contributed by atoms with E-state index in [1.54, 1.807) is 18.2 Å². The van der Waals surface area contributed by atoms with Gasteiger partial charge in [-0.15, -0.1) is 0 Å². The van der Waals surface area contributed by atoms with Crippen LogP contribution in [0.1, 0.15) is 30.9 Å². The highest BCUT2D eigenvalue weighted by molar-refractivity contribution is 6.11. The average molecular weight is 469 g/mol. The van der Waals surface area contributed by atoms with Gasteiger partial charge in [-0.3, -0.25) is 14.6 Å². The Hall–Kier alpha value is -4.48. The van der Waals surface area contributed by atoms with Crippen molar-refractivity contribution in [1.29, 1.82) is 0 Å². The highest BCUT2D eigenvalue weighted by Gasteiger charge is 2.34. The molecule has 0 unspecified atom stereocenters. The van der Waals surface area contributed by atoms with Gasteiger partial charge in [-0.1, -0.05) is 23.4 Å². The van der Waals surface area contributed by atoms with E-state index in [-0.39, 0.29) is 23.8 Å². The standard InChI is InChI=1S/C22H21F2N7O3/c1-22(2,20(26)32)21(33)30-18-14(24)11-28-19(29-18)15(25)9-17(16-7-8-34-31-16)27-10-12-5-3-4-6-13(12)23/h3-9,11H,10,25H2,1-2H3,(H2,26,32)(H,28,29,30,33). The molecule has 0 saturated heterocycles. The minimum Gasteiger partial charge on any atom is -0.396 e. The summed E-state index contributed by atoms with van der Waals surface area (Å²) in [6.07, 6.45) is 3.48. The zero-order valence-corrected chi connectivity index (χ0v) is 18.3. The molecule has 0 fully saturated rings. The molecule has 0 spiro atoms. The molecule has 0 aliphatic carbocycles. The predicted octanol–water partition coefficient (Wildman–Crippen LogP) is 2.18. The van der Waals surface area contributed by atoms with E-state index >= 15 is 0 Å². The van der Waals surface area contributed by atoms with Gasteiger partial charge < -0.3 is 21.3 Å². The molecule has 0 aliphatic rings. The first-order valence-corrected chi connectivity index (χ1v) is 9.89. The van der Waals surface area contributed by atoms with E-state index in [0.29, 0.717) is 11.3 Å². The van der Waals surface area contributed by atoms with Gasteiger partial charge in [0.05, 0.1) is 24.2 Å². The molecule has 3 rings (SSSR count). The van der Waals surface area contributed by atoms with Crippen molar-refractivity contribution in [1.82, 2.24) is 15.1 Å². The molecule has 1 aromatic carbocycles. The van der Waals surface area contributed by atoms with Crippen molar-refractivity contribution in [2.45, 2.75) is 20.4 Å². The quantitative estimate of drug-likeness (QED) is 0.336. The van der Waals surface area contributed by atoms with Crippen molar-refractivity contribution < 1.29 is 22.9 Å². The van der Waals surface area contributed by atoms with Crippen molar-refractivity contribution in [2.24, 2.45) is 21.9 Å². The van der Waals surface area contributed by atoms with E-state index in [0.717, 1.165) is 6.20 Å². The van der Waals surface area contributed by atoms with Gasteiger partial charge in [0, 0.05) is 11.6 Å². The Bertz CT molecular complexity index is 1270. The van der Waals surface area contributed by atoms with Gasteiger partial charge >= 0.3 is 0 Å². The predicted molar refractivity (Wildman–Crippen MR) is 119 cm³/mol. The Kier molecular flexibility index (Phi) is 7.09. The second-order valence-corrected chi connectivity index (χ2v) is 7.61. The summed E-state index contributed by atoms with van der Waals surface area (Å²) in [4.78, 5) is 35.9. The number of benzene rings is 1. The van der Waals surface area contributed by atoms with Gasteiger partial charge in [-0.25, -0.2) is 18.7 Å². The van der Waals surface area contributed by atoms with E-state index in [1.165, 1.54) is 38.3 Å². The van der Waals surface area contributed by atoms with E-state index in [9.17, 15) is 18.4 Å². The number of nitrogens with two attached hydrogens (primary N) is 2. The first-order valence-electron chi connectivity index (χ1n) is 9.89. The first kappa shape index (κ1) is 24.2. The van der Waals surface area contributed by atoms with Crippen LogP contribution in [-0.2, 0) is 16.1 Å². The molecule has 3 aromatic rings. The Morgan fingerprint density at radius 3 is 2.56 bits per heavy atom. The van der Waals surface area contributed by atoms with Gasteiger partial charge in [-0.05, 0) is 26.0 Å². The number of anilines is 1. The second-order valence-electron chi connectivity index (χ2n) is 7.61. The third-order valence-electron chi connectivity index (χ3n) is 4.79. The molecule has 12 heteroatoms. The van der Waals surface area contributed by atoms with Gasteiger partial charge in [0.25, 0.3) is 0 Å². The van der Waals surface area contributed by atoms with Gasteiger partial charge in [0.15, 0.2) is 17.5 Å². The minimum absolute atomic E-state index is 0.0214. The third kappa shape index (κ3) is 5.46. The first-order chi connectivity index (χ1) is 16.1. The molecular formula is C22H21F2N7O3. The normalized spacial score (nSPS) is 12.5. The number of amides is 2. The summed E-state index contributed by atoms with van der Waals surface area (Å²) in [5.41, 5.74) is 10.5. The number of halogens is 2. The highest BCUT2D eigenvalue weighted by Crippen LogP contribution is 2.20. The lowest BCUT2D eigenvalue weighted by Crippen LogP contribution is -2.42. The fourth-order valence-electron chi connectivity index (χ4n) is 2.52. The van der Waals surface area contributed by atoms with Gasteiger partial charge in [-0.2, -0.15) is 0 Å². The number of aliphatic imine (C=N–C) groups is 1. The number of allylic oxidation sites excluding steroid dienone is 1. The van der Waals surface area contributed by atoms with Crippen LogP contribution in [0, 0.1) is 17.0 Å². The summed E-state index contributed by atoms with van der Waals surface area (Å²) < 4.78 is 33.0. The van der Waals surface area contributed by atoms with Crippen molar-refractivity contribution >= 4 is 29.0 Å². The Morgan fingerprint density at radius 2 is 1.91 bits per heavy atom. The lowest BCUT2D eigenvalue weighted by atomic mass is 9.91. The lowest BCUT2D eigenvalue weighted by Gasteiger charge is -2.19. The maximum Gasteiger partial charge on any atom is 0.240 e. The third-order valence-corrected chi connectivity index (χ3v) is 4.79. The largest absolute Gasteiger partial charge is 0.396 e. The molecule has 0 atom stereocenters. The van der Waals surface area contributed by atoms with Gasteiger partial charge in [0.2, 0.25) is 11.8 Å². The van der Waals surface area contributed by atoms with Crippen LogP contribution in [0.15, 0.2) is 58.4 Å². The topological polar surface area (TPSA) is 162 Å². The number of hydrogen-bond donors (Lipinski definition) is 3. The Labute approximate surface area is 192 Å². The van der Waals surface area contributed by atoms with E-state index in [1.807, 2.05) is 0 Å². The number of nitrogens with zero attached hydrogens (tertiary/aromatic N) is 4. The summed E-state index contributed by atoms with van der Waals surface area (Å²) in [7, 11) is 0. The number of carbonyl (C=O) groups excluding carboxylic acids is 2. The summed E-state index contributed by atoms with van der Waals surface area (Å²) in [6.45, 7) is 2.55. The highest BCUT2D eigenvalue weighted by atomic mass is 19.1. The monoisotopic (exact) mass is 469 g/mol. The molecule has 2 amide bonds. The summed E-state index contributed by atoms with van der Waals surface area (Å²) in [5, 5.41) is 6.02. The fraction of sp³-hybridized carbons (Fsp3) is 0.182. The summed E-state index contributed by atoms with van der Waals surface area (Å²) in [5.74, 6) is -3.77. The molecule has 5 N–H and O–H groups in total. The lowest BCUT2D eigenvalue weighted by molar-refractivity contribution is -0.136. The molecule has 34 heavy (non-hydrogen) atoms. The zero-order valence-electron chi connectivity index (χ0n) is 18.3. The van der Waals surface area contributed by atoms with E-state index < -0.39 is 34.7 Å². The van der Waals surface area contributed by atoms with Crippen LogP contribution in [0.4, 0.5) is 14.6 Å². The number of rotatable bonds is 8. The molecule has 2 heterocycles. The van der Waals surface area contributed by atoms with Crippen LogP contribution < -0.4 is 16.8 Å². The molecule has 0 aliphatic heterocycles. The minimum atomic E-state index is -1.61. The average Bonchev–Trinajstić information content (AvgIpc) is 3.33. The Balaban J connectivity index is 1.92. The number of hydrogen-bond acceptors (Lipinski definition) is 8. The van der Waals surface area contributed by atoms with Crippen LogP contribution in [0.2, 0.25) is 0 Å². The van der Waals surface area contributed by atoms with Crippen LogP contribution in [0.3, 0.4) is 0 Å². The van der Waals surface area contributed by atoms with Crippen LogP contribution in [-0.4, -0.2) is 32.7 Å². The maximum absolute atomic E-state index is 14.2. The Morgan fingerprint density at radius 1 is 1.18 bits per heavy atom. The van der Waals surface area contributed by atoms with Crippen LogP contribution in [0.25, 0.3) is 5.70 Å². The number of aromatic nitrogens is 3. The molecule has 10 nitrogen and oxygen atoms in total. The molecular weight excluding hydrogens is 448 g/mol. The van der Waals surface area contributed by atoms with Crippen molar-refractivity contribution in [3.05, 3.63) is 77.6 Å².